The highest BCUT2D eigenvalue weighted by molar-refractivity contribution is 5.71. The Kier molecular flexibility index (Phi) is 61.3. The predicted molar refractivity (Wildman–Crippen MR) is 334 cm³/mol. The molecule has 0 aliphatic rings. The molecule has 0 N–H and O–H groups in total. The molecule has 0 bridgehead atoms. The molecule has 0 radical (unpaired) electrons. The molecule has 0 aliphatic carbocycles. The summed E-state index contributed by atoms with van der Waals surface area (Å²) in [5, 5.41) is 0. The van der Waals surface area contributed by atoms with E-state index in [1.807, 2.05) is 0 Å². The Hall–Kier alpha value is -3.93. The van der Waals surface area contributed by atoms with Crippen LogP contribution in [0.2, 0.25) is 0 Å². The normalized spacial score (nSPS) is 12.8. The van der Waals surface area contributed by atoms with Crippen LogP contribution in [0.5, 0.6) is 0 Å². The standard InChI is InChI=1S/C71H120O6/c1-4-7-10-13-16-19-22-25-27-29-31-33-35-37-39-41-43-46-49-52-55-58-61-64-70(73)76-67-68(66-75-69(72)63-60-57-54-51-48-45-24-21-18-15-12-9-6-3)77-71(74)65-62-59-56-53-50-47-44-42-40-38-36-34-32-30-28-26-23-20-17-14-11-8-5-2/h7,10,16,19,23,25-27,30-33,37,39,43,46,52,55,68H,4-6,8-9,11-15,17-18,20-22,24,28-29,34-36,38,40-42,44-45,47-51,53-54,56-67H2,1-3H3/b10-7-,19-16-,26-23-,27-25-,32-30-,33-31-,39-37-,46-43-,55-52-. The van der Waals surface area contributed by atoms with Crippen LogP contribution in [0.4, 0.5) is 0 Å². The van der Waals surface area contributed by atoms with Crippen molar-refractivity contribution in [2.24, 2.45) is 0 Å². The smallest absolute Gasteiger partial charge is 0.306 e. The monoisotopic (exact) mass is 1070 g/mol. The maximum Gasteiger partial charge on any atom is 0.306 e. The molecule has 0 aliphatic heterocycles. The summed E-state index contributed by atoms with van der Waals surface area (Å²) in [4.78, 5) is 38.3. The van der Waals surface area contributed by atoms with Gasteiger partial charge in [-0.1, -0.05) is 291 Å². The lowest BCUT2D eigenvalue weighted by Crippen LogP contribution is -2.30. The molecule has 0 amide bonds. The Morgan fingerprint density at radius 3 is 0.844 bits per heavy atom. The molecule has 0 rings (SSSR count). The molecule has 440 valence electrons. The summed E-state index contributed by atoms with van der Waals surface area (Å²) in [6.07, 6.45) is 88.1. The minimum absolute atomic E-state index is 0.0953. The summed E-state index contributed by atoms with van der Waals surface area (Å²) in [6, 6.07) is 0. The summed E-state index contributed by atoms with van der Waals surface area (Å²) < 4.78 is 16.9. The van der Waals surface area contributed by atoms with E-state index in [-0.39, 0.29) is 37.5 Å². The second-order valence-electron chi connectivity index (χ2n) is 21.3. The van der Waals surface area contributed by atoms with Crippen molar-refractivity contribution in [3.63, 3.8) is 0 Å². The van der Waals surface area contributed by atoms with E-state index in [9.17, 15) is 14.4 Å². The zero-order valence-corrected chi connectivity index (χ0v) is 50.4. The van der Waals surface area contributed by atoms with Gasteiger partial charge in [0.15, 0.2) is 6.10 Å². The van der Waals surface area contributed by atoms with Gasteiger partial charge in [0, 0.05) is 19.3 Å². The lowest BCUT2D eigenvalue weighted by molar-refractivity contribution is -0.167. The van der Waals surface area contributed by atoms with Crippen molar-refractivity contribution in [3.8, 4) is 0 Å². The maximum absolute atomic E-state index is 12.9. The summed E-state index contributed by atoms with van der Waals surface area (Å²) in [7, 11) is 0. The zero-order chi connectivity index (χ0) is 55.7. The number of unbranched alkanes of at least 4 members (excludes halogenated alkanes) is 29. The number of rotatable bonds is 58. The van der Waals surface area contributed by atoms with Crippen LogP contribution < -0.4 is 0 Å². The van der Waals surface area contributed by atoms with Crippen LogP contribution in [-0.4, -0.2) is 37.2 Å². The molecule has 77 heavy (non-hydrogen) atoms. The van der Waals surface area contributed by atoms with Crippen molar-refractivity contribution < 1.29 is 28.6 Å². The third-order valence-electron chi connectivity index (χ3n) is 13.8. The van der Waals surface area contributed by atoms with Crippen molar-refractivity contribution in [1.82, 2.24) is 0 Å². The molecule has 1 unspecified atom stereocenters. The van der Waals surface area contributed by atoms with E-state index < -0.39 is 6.10 Å². The molecule has 0 fully saturated rings. The molecular weight excluding hydrogens is 949 g/mol. The van der Waals surface area contributed by atoms with Gasteiger partial charge < -0.3 is 14.2 Å². The molecule has 1 atom stereocenters. The summed E-state index contributed by atoms with van der Waals surface area (Å²) in [5.74, 6) is -0.951. The van der Waals surface area contributed by atoms with Gasteiger partial charge in [0.2, 0.25) is 0 Å². The molecule has 0 aromatic heterocycles. The Morgan fingerprint density at radius 1 is 0.273 bits per heavy atom. The molecule has 6 heteroatoms. The van der Waals surface area contributed by atoms with Crippen LogP contribution in [0, 0.1) is 0 Å². The van der Waals surface area contributed by atoms with Gasteiger partial charge in [-0.3, -0.25) is 14.4 Å². The highest BCUT2D eigenvalue weighted by Crippen LogP contribution is 2.16. The minimum atomic E-state index is -0.804. The number of allylic oxidation sites excluding steroid dienone is 18. The quantitative estimate of drug-likeness (QED) is 0.0261. The summed E-state index contributed by atoms with van der Waals surface area (Å²) >= 11 is 0. The number of hydrogen-bond donors (Lipinski definition) is 0. The van der Waals surface area contributed by atoms with Gasteiger partial charge in [-0.25, -0.2) is 0 Å². The van der Waals surface area contributed by atoms with Crippen LogP contribution >= 0.6 is 0 Å². The highest BCUT2D eigenvalue weighted by atomic mass is 16.6. The molecule has 0 saturated heterocycles. The van der Waals surface area contributed by atoms with Gasteiger partial charge in [-0.2, -0.15) is 0 Å². The second kappa shape index (κ2) is 64.6. The number of esters is 3. The van der Waals surface area contributed by atoms with E-state index >= 15 is 0 Å². The molecule has 0 spiro atoms. The van der Waals surface area contributed by atoms with E-state index in [1.165, 1.54) is 161 Å². The molecule has 0 aromatic rings. The Morgan fingerprint density at radius 2 is 0.519 bits per heavy atom. The van der Waals surface area contributed by atoms with Crippen LogP contribution in [-0.2, 0) is 28.6 Å². The van der Waals surface area contributed by atoms with E-state index in [0.29, 0.717) is 19.3 Å². The number of ether oxygens (including phenoxy) is 3. The average Bonchev–Trinajstić information content (AvgIpc) is 3.43. The predicted octanol–water partition coefficient (Wildman–Crippen LogP) is 22.2. The Balaban J connectivity index is 4.43. The Labute approximate surface area is 476 Å². The Bertz CT molecular complexity index is 1560. The van der Waals surface area contributed by atoms with Gasteiger partial charge in [-0.05, 0) is 103 Å². The molecule has 6 nitrogen and oxygen atoms in total. The fourth-order valence-corrected chi connectivity index (χ4v) is 8.93. The lowest BCUT2D eigenvalue weighted by Gasteiger charge is -2.18. The first-order valence-electron chi connectivity index (χ1n) is 32.4. The highest BCUT2D eigenvalue weighted by Gasteiger charge is 2.19. The van der Waals surface area contributed by atoms with Crippen molar-refractivity contribution >= 4 is 17.9 Å². The maximum atomic E-state index is 12.9. The largest absolute Gasteiger partial charge is 0.462 e. The van der Waals surface area contributed by atoms with Crippen LogP contribution in [0.1, 0.15) is 303 Å². The first-order valence-corrected chi connectivity index (χ1v) is 32.4. The third-order valence-corrected chi connectivity index (χ3v) is 13.8. The van der Waals surface area contributed by atoms with Gasteiger partial charge in [0.05, 0.1) is 0 Å². The van der Waals surface area contributed by atoms with E-state index in [2.05, 4.69) is 130 Å². The third kappa shape index (κ3) is 62.8. The number of carbonyl (C=O) groups is 3. The van der Waals surface area contributed by atoms with Crippen molar-refractivity contribution in [1.29, 1.82) is 0 Å². The van der Waals surface area contributed by atoms with Crippen LogP contribution in [0.3, 0.4) is 0 Å². The fraction of sp³-hybridized carbons (Fsp3) is 0.704. The van der Waals surface area contributed by atoms with Crippen molar-refractivity contribution in [2.45, 2.75) is 309 Å². The number of hydrogen-bond acceptors (Lipinski definition) is 6. The first kappa shape index (κ1) is 73.1. The summed E-state index contributed by atoms with van der Waals surface area (Å²) in [5.41, 5.74) is 0. The van der Waals surface area contributed by atoms with Crippen molar-refractivity contribution in [2.75, 3.05) is 13.2 Å². The van der Waals surface area contributed by atoms with Gasteiger partial charge in [0.25, 0.3) is 0 Å². The molecule has 0 heterocycles. The minimum Gasteiger partial charge on any atom is -0.462 e. The van der Waals surface area contributed by atoms with Crippen molar-refractivity contribution in [3.05, 3.63) is 109 Å². The van der Waals surface area contributed by atoms with Gasteiger partial charge >= 0.3 is 17.9 Å². The fourth-order valence-electron chi connectivity index (χ4n) is 8.93. The van der Waals surface area contributed by atoms with Crippen LogP contribution in [0.15, 0.2) is 109 Å². The number of carbonyl (C=O) groups excluding carboxylic acids is 3. The van der Waals surface area contributed by atoms with E-state index in [1.54, 1.807) is 0 Å². The lowest BCUT2D eigenvalue weighted by atomic mass is 10.0. The molecular formula is C71H120O6. The van der Waals surface area contributed by atoms with Crippen LogP contribution in [0.25, 0.3) is 0 Å². The van der Waals surface area contributed by atoms with E-state index in [4.69, 9.17) is 14.2 Å². The SMILES string of the molecule is CC/C=C\C/C=C\C/C=C\C/C=C\C/C=C\C/C=C\C/C=C\CCCC(=O)OCC(COC(=O)CCCCCCCCCCCCCCC)OC(=O)CCCCCCCCCCCCC/C=C\C/C=C\CCCCCCC. The first-order chi connectivity index (χ1) is 38.0. The summed E-state index contributed by atoms with van der Waals surface area (Å²) in [6.45, 7) is 6.49. The zero-order valence-electron chi connectivity index (χ0n) is 50.4. The molecule has 0 saturated carbocycles. The topological polar surface area (TPSA) is 78.9 Å². The van der Waals surface area contributed by atoms with Gasteiger partial charge in [-0.15, -0.1) is 0 Å². The molecule has 0 aromatic carbocycles. The second-order valence-corrected chi connectivity index (χ2v) is 21.3. The average molecular weight is 1070 g/mol. The van der Waals surface area contributed by atoms with E-state index in [0.717, 1.165) is 96.3 Å². The van der Waals surface area contributed by atoms with Gasteiger partial charge in [0.1, 0.15) is 13.2 Å².